The largest absolute Gasteiger partial charge is 0.386 e. The number of hydrogen-bond donors (Lipinski definition) is 0. The minimum absolute atomic E-state index is 0.00718. The number of non-ortho nitro benzene ring substituents is 1. The molecule has 0 spiro atoms. The average molecular weight is 310 g/mol. The first kappa shape index (κ1) is 14.9. The molecule has 6 nitrogen and oxygen atoms in total. The Labute approximate surface area is 132 Å². The minimum Gasteiger partial charge on any atom is -0.386 e. The van der Waals surface area contributed by atoms with Crippen LogP contribution in [0, 0.1) is 16.0 Å². The molecule has 0 aliphatic carbocycles. The summed E-state index contributed by atoms with van der Waals surface area (Å²) in [4.78, 5) is 27.9. The zero-order valence-corrected chi connectivity index (χ0v) is 12.4. The third-order valence-electron chi connectivity index (χ3n) is 3.80. The standard InChI is InChI=1S/C17H14N2O4/c1-11(20)15-16(12-7-9-14(10-8-12)19(21)22)18-23-17(15)13-5-3-2-4-6-13/h2-10,15,17H,1H3. The van der Waals surface area contributed by atoms with Crippen LogP contribution in [0.15, 0.2) is 59.8 Å². The van der Waals surface area contributed by atoms with Gasteiger partial charge in [-0.2, -0.15) is 0 Å². The highest BCUT2D eigenvalue weighted by molar-refractivity contribution is 6.14. The van der Waals surface area contributed by atoms with Gasteiger partial charge in [0.1, 0.15) is 17.4 Å². The maximum atomic E-state index is 12.1. The van der Waals surface area contributed by atoms with Crippen molar-refractivity contribution in [2.45, 2.75) is 13.0 Å². The predicted octanol–water partition coefficient (Wildman–Crippen LogP) is 3.28. The van der Waals surface area contributed by atoms with E-state index in [0.717, 1.165) is 5.56 Å². The van der Waals surface area contributed by atoms with Crippen LogP contribution in [0.4, 0.5) is 5.69 Å². The van der Waals surface area contributed by atoms with Crippen LogP contribution >= 0.6 is 0 Å². The Hall–Kier alpha value is -3.02. The summed E-state index contributed by atoms with van der Waals surface area (Å²) in [5, 5.41) is 14.8. The number of carbonyl (C=O) groups excluding carboxylic acids is 1. The molecule has 1 aliphatic rings. The number of hydrogen-bond acceptors (Lipinski definition) is 5. The number of carbonyl (C=O) groups is 1. The number of rotatable bonds is 4. The Morgan fingerprint density at radius 1 is 1.13 bits per heavy atom. The molecule has 2 unspecified atom stereocenters. The summed E-state index contributed by atoms with van der Waals surface area (Å²) in [6, 6.07) is 15.4. The van der Waals surface area contributed by atoms with E-state index in [2.05, 4.69) is 5.16 Å². The smallest absolute Gasteiger partial charge is 0.269 e. The molecule has 0 bridgehead atoms. The fourth-order valence-electron chi connectivity index (χ4n) is 2.66. The number of oxime groups is 1. The van der Waals surface area contributed by atoms with Crippen molar-refractivity contribution in [3.05, 3.63) is 75.8 Å². The second-order valence-corrected chi connectivity index (χ2v) is 5.31. The van der Waals surface area contributed by atoms with Crippen LogP contribution in [-0.4, -0.2) is 16.4 Å². The summed E-state index contributed by atoms with van der Waals surface area (Å²) in [5.74, 6) is -0.590. The number of ketones is 1. The van der Waals surface area contributed by atoms with Gasteiger partial charge in [0.05, 0.1) is 4.92 Å². The van der Waals surface area contributed by atoms with E-state index < -0.39 is 16.9 Å². The summed E-state index contributed by atoms with van der Waals surface area (Å²) in [6.07, 6.45) is -0.473. The fraction of sp³-hybridized carbons (Fsp3) is 0.176. The SMILES string of the molecule is CC(=O)C1C(c2ccc([N+](=O)[O-])cc2)=NOC1c1ccccc1. The molecular weight excluding hydrogens is 296 g/mol. The zero-order chi connectivity index (χ0) is 16.4. The van der Waals surface area contributed by atoms with Crippen molar-refractivity contribution < 1.29 is 14.6 Å². The van der Waals surface area contributed by atoms with Crippen molar-refractivity contribution in [1.29, 1.82) is 0 Å². The van der Waals surface area contributed by atoms with E-state index in [4.69, 9.17) is 4.84 Å². The predicted molar refractivity (Wildman–Crippen MR) is 84.1 cm³/mol. The average Bonchev–Trinajstić information content (AvgIpc) is 3.01. The van der Waals surface area contributed by atoms with Gasteiger partial charge >= 0.3 is 0 Å². The van der Waals surface area contributed by atoms with Crippen LogP contribution in [0.5, 0.6) is 0 Å². The van der Waals surface area contributed by atoms with Gasteiger partial charge in [-0.1, -0.05) is 35.5 Å². The van der Waals surface area contributed by atoms with Gasteiger partial charge in [-0.15, -0.1) is 0 Å². The van der Waals surface area contributed by atoms with Gasteiger partial charge in [0.25, 0.3) is 5.69 Å². The lowest BCUT2D eigenvalue weighted by Crippen LogP contribution is -2.25. The van der Waals surface area contributed by atoms with Crippen molar-refractivity contribution in [3.63, 3.8) is 0 Å². The molecule has 1 heterocycles. The van der Waals surface area contributed by atoms with Gasteiger partial charge in [0.2, 0.25) is 0 Å². The molecule has 6 heteroatoms. The van der Waals surface area contributed by atoms with Crippen LogP contribution in [0.1, 0.15) is 24.2 Å². The van der Waals surface area contributed by atoms with E-state index in [1.165, 1.54) is 19.1 Å². The molecule has 0 amide bonds. The van der Waals surface area contributed by atoms with E-state index in [-0.39, 0.29) is 11.5 Å². The van der Waals surface area contributed by atoms with E-state index in [1.54, 1.807) is 12.1 Å². The van der Waals surface area contributed by atoms with Crippen molar-refractivity contribution >= 4 is 17.2 Å². The van der Waals surface area contributed by atoms with Gasteiger partial charge in [-0.25, -0.2) is 0 Å². The zero-order valence-electron chi connectivity index (χ0n) is 12.4. The van der Waals surface area contributed by atoms with Crippen molar-refractivity contribution in [1.82, 2.24) is 0 Å². The Balaban J connectivity index is 1.93. The molecule has 1 aliphatic heterocycles. The van der Waals surface area contributed by atoms with Crippen LogP contribution in [0.2, 0.25) is 0 Å². The number of nitro groups is 1. The molecule has 0 fully saturated rings. The van der Waals surface area contributed by atoms with Crippen molar-refractivity contribution in [3.8, 4) is 0 Å². The lowest BCUT2D eigenvalue weighted by atomic mass is 9.86. The van der Waals surface area contributed by atoms with Crippen LogP contribution in [0.25, 0.3) is 0 Å². The highest BCUT2D eigenvalue weighted by Gasteiger charge is 2.39. The van der Waals surface area contributed by atoms with E-state index in [1.807, 2.05) is 30.3 Å². The highest BCUT2D eigenvalue weighted by atomic mass is 16.6. The second kappa shape index (κ2) is 6.00. The number of benzene rings is 2. The van der Waals surface area contributed by atoms with Gasteiger partial charge in [0.15, 0.2) is 6.10 Å². The topological polar surface area (TPSA) is 81.8 Å². The summed E-state index contributed by atoms with van der Waals surface area (Å²) >= 11 is 0. The highest BCUT2D eigenvalue weighted by Crippen LogP contribution is 2.35. The van der Waals surface area contributed by atoms with Crippen LogP contribution in [-0.2, 0) is 9.63 Å². The second-order valence-electron chi connectivity index (χ2n) is 5.31. The first-order valence-electron chi connectivity index (χ1n) is 7.12. The quantitative estimate of drug-likeness (QED) is 0.641. The van der Waals surface area contributed by atoms with Gasteiger partial charge in [-0.3, -0.25) is 14.9 Å². The summed E-state index contributed by atoms with van der Waals surface area (Å²) in [7, 11) is 0. The molecule has 3 rings (SSSR count). The van der Waals surface area contributed by atoms with Crippen LogP contribution < -0.4 is 0 Å². The molecule has 0 saturated heterocycles. The lowest BCUT2D eigenvalue weighted by Gasteiger charge is -2.16. The Kier molecular flexibility index (Phi) is 3.89. The first-order valence-corrected chi connectivity index (χ1v) is 7.12. The maximum Gasteiger partial charge on any atom is 0.269 e. The molecule has 2 aromatic carbocycles. The maximum absolute atomic E-state index is 12.1. The number of nitro benzene ring substituents is 1. The van der Waals surface area contributed by atoms with Gasteiger partial charge < -0.3 is 4.84 Å². The number of nitrogens with zero attached hydrogens (tertiary/aromatic N) is 2. The fourth-order valence-corrected chi connectivity index (χ4v) is 2.66. The third kappa shape index (κ3) is 2.83. The summed E-state index contributed by atoms with van der Waals surface area (Å²) < 4.78 is 0. The molecule has 23 heavy (non-hydrogen) atoms. The van der Waals surface area contributed by atoms with Crippen molar-refractivity contribution in [2.24, 2.45) is 11.1 Å². The van der Waals surface area contributed by atoms with Gasteiger partial charge in [0, 0.05) is 17.7 Å². The molecule has 0 radical (unpaired) electrons. The first-order chi connectivity index (χ1) is 11.1. The Morgan fingerprint density at radius 3 is 2.35 bits per heavy atom. The Morgan fingerprint density at radius 2 is 1.78 bits per heavy atom. The van der Waals surface area contributed by atoms with Crippen molar-refractivity contribution in [2.75, 3.05) is 0 Å². The van der Waals surface area contributed by atoms with Gasteiger partial charge in [-0.05, 0) is 24.6 Å². The molecule has 116 valence electrons. The third-order valence-corrected chi connectivity index (χ3v) is 3.80. The Bertz CT molecular complexity index is 769. The number of Topliss-reactive ketones (excluding diaryl/α,β-unsaturated/α-hetero) is 1. The van der Waals surface area contributed by atoms with E-state index in [9.17, 15) is 14.9 Å². The van der Waals surface area contributed by atoms with E-state index in [0.29, 0.717) is 11.3 Å². The normalized spacial score (nSPS) is 19.8. The molecular formula is C17H14N2O4. The summed E-state index contributed by atoms with van der Waals surface area (Å²) in [5.41, 5.74) is 2.01. The molecule has 2 atom stereocenters. The minimum atomic E-state index is -0.529. The molecule has 0 N–H and O–H groups in total. The summed E-state index contributed by atoms with van der Waals surface area (Å²) in [6.45, 7) is 1.50. The molecule has 2 aromatic rings. The molecule has 0 saturated carbocycles. The van der Waals surface area contributed by atoms with E-state index >= 15 is 0 Å². The lowest BCUT2D eigenvalue weighted by molar-refractivity contribution is -0.384. The van der Waals surface area contributed by atoms with Crippen LogP contribution in [0.3, 0.4) is 0 Å². The monoisotopic (exact) mass is 310 g/mol. The molecule has 0 aromatic heterocycles.